The number of hydrogen-bond acceptors (Lipinski definition) is 1. The highest BCUT2D eigenvalue weighted by Gasteiger charge is 2.39. The summed E-state index contributed by atoms with van der Waals surface area (Å²) in [6.45, 7) is 0. The first kappa shape index (κ1) is 9.29. The molecule has 1 unspecified atom stereocenters. The van der Waals surface area contributed by atoms with Crippen LogP contribution in [0, 0.1) is 0 Å². The summed E-state index contributed by atoms with van der Waals surface area (Å²) < 4.78 is 23.7. The summed E-state index contributed by atoms with van der Waals surface area (Å²) >= 11 is 4.15. The van der Waals surface area contributed by atoms with Crippen LogP contribution in [0.3, 0.4) is 0 Å². The van der Waals surface area contributed by atoms with Crippen molar-refractivity contribution in [2.45, 2.75) is 9.66 Å². The third-order valence-electron chi connectivity index (χ3n) is 0.504. The molecule has 0 saturated heterocycles. The lowest BCUT2D eigenvalue weighted by Crippen LogP contribution is -2.29. The van der Waals surface area contributed by atoms with E-state index in [1.165, 1.54) is 0 Å². The van der Waals surface area contributed by atoms with Crippen molar-refractivity contribution in [3.8, 4) is 0 Å². The van der Waals surface area contributed by atoms with E-state index < -0.39 is 15.6 Å². The van der Waals surface area contributed by atoms with Gasteiger partial charge in [0.25, 0.3) is 0 Å². The van der Waals surface area contributed by atoms with Crippen LogP contribution >= 0.6 is 31.9 Å². The van der Waals surface area contributed by atoms with Gasteiger partial charge in [0, 0.05) is 0 Å². The van der Waals surface area contributed by atoms with E-state index in [1.807, 2.05) is 15.9 Å². The molecule has 0 amide bonds. The van der Waals surface area contributed by atoms with Gasteiger partial charge >= 0.3 is 10.8 Å². The van der Waals surface area contributed by atoms with Crippen molar-refractivity contribution in [1.82, 2.24) is 0 Å². The van der Waals surface area contributed by atoms with Gasteiger partial charge in [-0.2, -0.15) is 8.78 Å². The summed E-state index contributed by atoms with van der Waals surface area (Å²) in [5, 5.41) is 7.96. The molecule has 0 spiro atoms. The van der Waals surface area contributed by atoms with E-state index in [1.54, 1.807) is 0 Å². The lowest BCUT2D eigenvalue weighted by Gasteiger charge is -2.09. The van der Waals surface area contributed by atoms with Gasteiger partial charge in [0.2, 0.25) is 0 Å². The quantitative estimate of drug-likeness (QED) is 0.775. The minimum absolute atomic E-state index is 1.60. The van der Waals surface area contributed by atoms with Crippen LogP contribution in [0.15, 0.2) is 0 Å². The average Bonchev–Trinajstić information content (AvgIpc) is 1.62. The fourth-order valence-corrected chi connectivity index (χ4v) is 0.336. The zero-order chi connectivity index (χ0) is 7.65. The zero-order valence-electron chi connectivity index (χ0n) is 3.94. The third-order valence-corrected chi connectivity index (χ3v) is 2.54. The van der Waals surface area contributed by atoms with E-state index in [-0.39, 0.29) is 0 Å². The maximum Gasteiger partial charge on any atom is 0.324 e. The number of carboxylic acid groups (broad SMARTS) is 1. The molecular formula is C3H2Br2F2O2. The first-order chi connectivity index (χ1) is 3.85. The molecule has 1 N–H and O–H groups in total. The van der Waals surface area contributed by atoms with E-state index in [2.05, 4.69) is 15.9 Å². The third kappa shape index (κ3) is 3.10. The first-order valence-electron chi connectivity index (χ1n) is 1.79. The summed E-state index contributed by atoms with van der Waals surface area (Å²) in [6.07, 6.45) is 0. The second-order valence-corrected chi connectivity index (χ2v) is 3.22. The number of alkyl halides is 4. The molecule has 0 rings (SSSR count). The molecule has 0 aromatic carbocycles. The second-order valence-electron chi connectivity index (χ2n) is 1.24. The van der Waals surface area contributed by atoms with Crippen LogP contribution in [-0.2, 0) is 4.79 Å². The molecule has 0 aromatic heterocycles. The Bertz CT molecular complexity index is 121. The lowest BCUT2D eigenvalue weighted by atomic mass is 10.5. The van der Waals surface area contributed by atoms with Crippen molar-refractivity contribution in [3.05, 3.63) is 0 Å². The van der Waals surface area contributed by atoms with Gasteiger partial charge in [-0.05, 0) is 15.9 Å². The molecule has 2 nitrogen and oxygen atoms in total. The Hall–Kier alpha value is 0.290. The van der Waals surface area contributed by atoms with Crippen LogP contribution in [0.4, 0.5) is 8.78 Å². The Labute approximate surface area is 66.5 Å². The molecular weight excluding hydrogens is 266 g/mol. The van der Waals surface area contributed by atoms with Gasteiger partial charge in [0.05, 0.1) is 0 Å². The normalized spacial score (nSPS) is 15.1. The van der Waals surface area contributed by atoms with Crippen LogP contribution in [0.2, 0.25) is 0 Å². The molecule has 9 heavy (non-hydrogen) atoms. The second kappa shape index (κ2) is 2.92. The van der Waals surface area contributed by atoms with Gasteiger partial charge in [0.1, 0.15) is 0 Å². The minimum Gasteiger partial charge on any atom is -0.480 e. The van der Waals surface area contributed by atoms with Gasteiger partial charge in [-0.3, -0.25) is 4.79 Å². The summed E-state index contributed by atoms with van der Waals surface area (Å²) in [5.41, 5.74) is 0. The van der Waals surface area contributed by atoms with E-state index in [0.717, 1.165) is 0 Å². The van der Waals surface area contributed by atoms with Crippen LogP contribution in [0.5, 0.6) is 0 Å². The van der Waals surface area contributed by atoms with Crippen LogP contribution < -0.4 is 0 Å². The Balaban J connectivity index is 4.04. The van der Waals surface area contributed by atoms with Gasteiger partial charge in [0.15, 0.2) is 4.83 Å². The zero-order valence-corrected chi connectivity index (χ0v) is 7.12. The molecule has 1 atom stereocenters. The number of carboxylic acids is 1. The van der Waals surface area contributed by atoms with E-state index in [4.69, 9.17) is 5.11 Å². The molecule has 54 valence electrons. The van der Waals surface area contributed by atoms with Crippen molar-refractivity contribution in [3.63, 3.8) is 0 Å². The molecule has 0 aromatic rings. The van der Waals surface area contributed by atoms with Crippen molar-refractivity contribution < 1.29 is 18.7 Å². The van der Waals surface area contributed by atoms with Gasteiger partial charge in [-0.15, -0.1) is 0 Å². The van der Waals surface area contributed by atoms with Crippen LogP contribution in [-0.4, -0.2) is 20.7 Å². The topological polar surface area (TPSA) is 37.3 Å². The van der Waals surface area contributed by atoms with Crippen molar-refractivity contribution in [2.24, 2.45) is 0 Å². The molecule has 0 saturated carbocycles. The Morgan fingerprint density at radius 2 is 2.00 bits per heavy atom. The maximum atomic E-state index is 11.9. The highest BCUT2D eigenvalue weighted by Crippen LogP contribution is 2.31. The fraction of sp³-hybridized carbons (Fsp3) is 0.667. The number of carbonyl (C=O) groups is 1. The maximum absolute atomic E-state index is 11.9. The SMILES string of the molecule is O=C(O)C(Br)C(F)(F)Br. The standard InChI is InChI=1S/C3H2Br2F2O2/c4-1(2(8)9)3(5,6)7/h1H,(H,8,9). The first-order valence-corrected chi connectivity index (χ1v) is 3.50. The summed E-state index contributed by atoms with van der Waals surface area (Å²) in [6, 6.07) is 0. The predicted octanol–water partition coefficient (Wildman–Crippen LogP) is 1.82. The van der Waals surface area contributed by atoms with E-state index in [0.29, 0.717) is 0 Å². The molecule has 0 radical (unpaired) electrons. The summed E-state index contributed by atoms with van der Waals surface area (Å²) in [4.78, 5) is 4.53. The van der Waals surface area contributed by atoms with Gasteiger partial charge in [-0.25, -0.2) is 0 Å². The highest BCUT2D eigenvalue weighted by atomic mass is 79.9. The molecule has 0 aliphatic rings. The Morgan fingerprint density at radius 1 is 1.67 bits per heavy atom. The lowest BCUT2D eigenvalue weighted by molar-refractivity contribution is -0.139. The predicted molar refractivity (Wildman–Crippen MR) is 34.2 cm³/mol. The number of halogens is 4. The van der Waals surface area contributed by atoms with Crippen LogP contribution in [0.1, 0.15) is 0 Å². The highest BCUT2D eigenvalue weighted by molar-refractivity contribution is 9.12. The Kier molecular flexibility index (Phi) is 3.01. The smallest absolute Gasteiger partial charge is 0.324 e. The van der Waals surface area contributed by atoms with Crippen molar-refractivity contribution >= 4 is 37.8 Å². The number of rotatable bonds is 2. The molecule has 0 heterocycles. The minimum atomic E-state index is -3.39. The largest absolute Gasteiger partial charge is 0.480 e. The van der Waals surface area contributed by atoms with E-state index in [9.17, 15) is 13.6 Å². The number of aliphatic carboxylic acids is 1. The molecule has 6 heteroatoms. The van der Waals surface area contributed by atoms with Crippen LogP contribution in [0.25, 0.3) is 0 Å². The van der Waals surface area contributed by atoms with Crippen molar-refractivity contribution in [2.75, 3.05) is 0 Å². The van der Waals surface area contributed by atoms with Gasteiger partial charge < -0.3 is 5.11 Å². The summed E-state index contributed by atoms with van der Waals surface area (Å²) in [5.74, 6) is -1.60. The average molecular weight is 268 g/mol. The Morgan fingerprint density at radius 3 is 2.00 bits per heavy atom. The van der Waals surface area contributed by atoms with Gasteiger partial charge in [-0.1, -0.05) is 15.9 Å². The molecule has 0 aliphatic heterocycles. The molecule has 0 bridgehead atoms. The monoisotopic (exact) mass is 266 g/mol. The van der Waals surface area contributed by atoms with Crippen molar-refractivity contribution in [1.29, 1.82) is 0 Å². The molecule has 0 aliphatic carbocycles. The summed E-state index contributed by atoms with van der Waals surface area (Å²) in [7, 11) is 0. The van der Waals surface area contributed by atoms with E-state index >= 15 is 0 Å². The number of hydrogen-bond donors (Lipinski definition) is 1. The fourth-order valence-electron chi connectivity index (χ4n) is 0.140. The molecule has 0 fully saturated rings.